The molecule has 3 aromatic rings. The number of fused-ring (bicyclic) bond motifs is 1. The minimum atomic E-state index is 0.110. The number of anilines is 1. The van der Waals surface area contributed by atoms with E-state index in [9.17, 15) is 0 Å². The van der Waals surface area contributed by atoms with Crippen molar-refractivity contribution in [2.24, 2.45) is 0 Å². The van der Waals surface area contributed by atoms with Crippen LogP contribution < -0.4 is 5.73 Å². The number of benzene rings is 2. The van der Waals surface area contributed by atoms with Crippen molar-refractivity contribution in [2.75, 3.05) is 5.73 Å². The van der Waals surface area contributed by atoms with E-state index in [1.807, 2.05) is 22.8 Å². The van der Waals surface area contributed by atoms with Crippen LogP contribution in [0.3, 0.4) is 0 Å². The molecule has 3 nitrogen and oxygen atoms in total. The highest BCUT2D eigenvalue weighted by Crippen LogP contribution is 2.30. The fourth-order valence-corrected chi connectivity index (χ4v) is 2.71. The summed E-state index contributed by atoms with van der Waals surface area (Å²) >= 11 is 6.18. The first-order valence-electron chi connectivity index (χ1n) is 6.56. The van der Waals surface area contributed by atoms with Crippen molar-refractivity contribution in [2.45, 2.75) is 19.9 Å². The summed E-state index contributed by atoms with van der Waals surface area (Å²) in [5.41, 5.74) is 10.2. The van der Waals surface area contributed by atoms with Crippen molar-refractivity contribution in [1.29, 1.82) is 0 Å². The quantitative estimate of drug-likeness (QED) is 0.767. The molecule has 0 aliphatic carbocycles. The highest BCUT2D eigenvalue weighted by molar-refractivity contribution is 6.35. The van der Waals surface area contributed by atoms with Crippen LogP contribution in [0.5, 0.6) is 0 Å². The van der Waals surface area contributed by atoms with Gasteiger partial charge in [0, 0.05) is 0 Å². The molecule has 1 heterocycles. The summed E-state index contributed by atoms with van der Waals surface area (Å²) in [4.78, 5) is 4.39. The Morgan fingerprint density at radius 1 is 1.15 bits per heavy atom. The van der Waals surface area contributed by atoms with Gasteiger partial charge in [0.2, 0.25) is 5.95 Å². The molecule has 0 fully saturated rings. The highest BCUT2D eigenvalue weighted by atomic mass is 35.5. The molecule has 0 saturated carbocycles. The maximum Gasteiger partial charge on any atom is 0.201 e. The number of imidazole rings is 1. The Balaban J connectivity index is 2.16. The van der Waals surface area contributed by atoms with Gasteiger partial charge in [-0.2, -0.15) is 0 Å². The maximum absolute atomic E-state index is 6.18. The molecule has 1 unspecified atom stereocenters. The van der Waals surface area contributed by atoms with Gasteiger partial charge < -0.3 is 10.3 Å². The third-order valence-corrected chi connectivity index (χ3v) is 3.95. The van der Waals surface area contributed by atoms with E-state index in [0.717, 1.165) is 11.0 Å². The molecule has 1 aromatic heterocycles. The van der Waals surface area contributed by atoms with E-state index >= 15 is 0 Å². The largest absolute Gasteiger partial charge is 0.369 e. The smallest absolute Gasteiger partial charge is 0.201 e. The Morgan fingerprint density at radius 3 is 2.55 bits per heavy atom. The number of para-hydroxylation sites is 1. The molecular formula is C16H16ClN3. The lowest BCUT2D eigenvalue weighted by atomic mass is 10.1. The summed E-state index contributed by atoms with van der Waals surface area (Å²) in [6.07, 6.45) is 0. The van der Waals surface area contributed by atoms with E-state index in [2.05, 4.69) is 43.1 Å². The van der Waals surface area contributed by atoms with Crippen LogP contribution in [0.1, 0.15) is 24.1 Å². The van der Waals surface area contributed by atoms with Gasteiger partial charge in [0.15, 0.2) is 0 Å². The van der Waals surface area contributed by atoms with Crippen molar-refractivity contribution in [3.05, 3.63) is 58.6 Å². The third kappa shape index (κ3) is 2.04. The summed E-state index contributed by atoms with van der Waals surface area (Å²) in [5.74, 6) is 0.487. The van der Waals surface area contributed by atoms with Gasteiger partial charge in [0.25, 0.3) is 0 Å². The molecule has 0 saturated heterocycles. The molecule has 4 heteroatoms. The van der Waals surface area contributed by atoms with Gasteiger partial charge in [-0.3, -0.25) is 0 Å². The summed E-state index contributed by atoms with van der Waals surface area (Å²) in [5, 5.41) is 0.629. The Hall–Kier alpha value is -2.00. The number of aromatic nitrogens is 2. The van der Waals surface area contributed by atoms with E-state index in [1.165, 1.54) is 11.1 Å². The average molecular weight is 286 g/mol. The SMILES string of the molecule is Cc1ccc(C(C)n2c(N)nc3c(Cl)cccc32)cc1. The number of nitrogens with two attached hydrogens (primary N) is 1. The Kier molecular flexibility index (Phi) is 3.14. The number of rotatable bonds is 2. The summed E-state index contributed by atoms with van der Waals surface area (Å²) in [7, 11) is 0. The van der Waals surface area contributed by atoms with Gasteiger partial charge in [-0.15, -0.1) is 0 Å². The number of aryl methyl sites for hydroxylation is 1. The molecule has 2 N–H and O–H groups in total. The van der Waals surface area contributed by atoms with Crippen LogP contribution in [-0.2, 0) is 0 Å². The van der Waals surface area contributed by atoms with Crippen molar-refractivity contribution < 1.29 is 0 Å². The topological polar surface area (TPSA) is 43.8 Å². The van der Waals surface area contributed by atoms with E-state index in [4.69, 9.17) is 17.3 Å². The number of hydrogen-bond acceptors (Lipinski definition) is 2. The van der Waals surface area contributed by atoms with Crippen LogP contribution in [0, 0.1) is 6.92 Å². The molecule has 20 heavy (non-hydrogen) atoms. The molecule has 0 amide bonds. The maximum atomic E-state index is 6.18. The van der Waals surface area contributed by atoms with Gasteiger partial charge in [-0.25, -0.2) is 4.98 Å². The highest BCUT2D eigenvalue weighted by Gasteiger charge is 2.16. The first kappa shape index (κ1) is 13.0. The molecule has 1 atom stereocenters. The predicted molar refractivity (Wildman–Crippen MR) is 84.1 cm³/mol. The number of nitrogen functional groups attached to an aromatic ring is 1. The van der Waals surface area contributed by atoms with Crippen molar-refractivity contribution in [1.82, 2.24) is 9.55 Å². The molecule has 102 valence electrons. The molecule has 0 aliphatic heterocycles. The van der Waals surface area contributed by atoms with E-state index < -0.39 is 0 Å². The van der Waals surface area contributed by atoms with Crippen LogP contribution in [0.2, 0.25) is 5.02 Å². The minimum absolute atomic E-state index is 0.110. The summed E-state index contributed by atoms with van der Waals surface area (Å²) in [6.45, 7) is 4.19. The number of nitrogens with zero attached hydrogens (tertiary/aromatic N) is 2. The van der Waals surface area contributed by atoms with Crippen LogP contribution >= 0.6 is 11.6 Å². The molecule has 0 spiro atoms. The van der Waals surface area contributed by atoms with Gasteiger partial charge in [0.05, 0.1) is 16.6 Å². The van der Waals surface area contributed by atoms with Gasteiger partial charge in [0.1, 0.15) is 5.52 Å². The monoisotopic (exact) mass is 285 g/mol. The first-order chi connectivity index (χ1) is 9.58. The Labute approximate surface area is 123 Å². The molecule has 2 aromatic carbocycles. The molecule has 0 radical (unpaired) electrons. The molecule has 0 aliphatic rings. The van der Waals surface area contributed by atoms with Crippen molar-refractivity contribution in [3.8, 4) is 0 Å². The summed E-state index contributed by atoms with van der Waals surface area (Å²) in [6, 6.07) is 14.3. The van der Waals surface area contributed by atoms with Crippen LogP contribution in [-0.4, -0.2) is 9.55 Å². The van der Waals surface area contributed by atoms with Crippen molar-refractivity contribution >= 4 is 28.6 Å². The zero-order chi connectivity index (χ0) is 14.3. The van der Waals surface area contributed by atoms with Gasteiger partial charge in [-0.05, 0) is 31.5 Å². The molecule has 0 bridgehead atoms. The normalized spacial score (nSPS) is 12.8. The van der Waals surface area contributed by atoms with Crippen LogP contribution in [0.15, 0.2) is 42.5 Å². The number of halogens is 1. The minimum Gasteiger partial charge on any atom is -0.369 e. The second-order valence-electron chi connectivity index (χ2n) is 5.03. The molecule has 3 rings (SSSR count). The number of hydrogen-bond donors (Lipinski definition) is 1. The van der Waals surface area contributed by atoms with Gasteiger partial charge in [-0.1, -0.05) is 47.5 Å². The lowest BCUT2D eigenvalue weighted by Crippen LogP contribution is -2.10. The predicted octanol–water partition coefficient (Wildman–Crippen LogP) is 4.19. The van der Waals surface area contributed by atoms with Crippen LogP contribution in [0.4, 0.5) is 5.95 Å². The second-order valence-corrected chi connectivity index (χ2v) is 5.44. The average Bonchev–Trinajstić information content (AvgIpc) is 2.77. The lowest BCUT2D eigenvalue weighted by Gasteiger charge is -2.16. The van der Waals surface area contributed by atoms with E-state index in [0.29, 0.717) is 11.0 Å². The Morgan fingerprint density at radius 2 is 1.85 bits per heavy atom. The zero-order valence-corrected chi connectivity index (χ0v) is 12.2. The fourth-order valence-electron chi connectivity index (χ4n) is 2.50. The fraction of sp³-hybridized carbons (Fsp3) is 0.188. The van der Waals surface area contributed by atoms with Gasteiger partial charge >= 0.3 is 0 Å². The third-order valence-electron chi connectivity index (χ3n) is 3.65. The molecular weight excluding hydrogens is 270 g/mol. The van der Waals surface area contributed by atoms with Crippen molar-refractivity contribution in [3.63, 3.8) is 0 Å². The van der Waals surface area contributed by atoms with E-state index in [1.54, 1.807) is 0 Å². The van der Waals surface area contributed by atoms with Crippen LogP contribution in [0.25, 0.3) is 11.0 Å². The second kappa shape index (κ2) is 4.84. The van der Waals surface area contributed by atoms with E-state index in [-0.39, 0.29) is 6.04 Å². The lowest BCUT2D eigenvalue weighted by molar-refractivity contribution is 0.667. The summed E-state index contributed by atoms with van der Waals surface area (Å²) < 4.78 is 2.02. The standard InChI is InChI=1S/C16H16ClN3/c1-10-6-8-12(9-7-10)11(2)20-14-5-3-4-13(17)15(14)19-16(20)18/h3-9,11H,1-2H3,(H2,18,19). The first-order valence-corrected chi connectivity index (χ1v) is 6.94. The zero-order valence-electron chi connectivity index (χ0n) is 11.5. The Bertz CT molecular complexity index is 759.